The number of esters is 1. The van der Waals surface area contributed by atoms with Crippen molar-refractivity contribution in [1.29, 1.82) is 0 Å². The highest BCUT2D eigenvalue weighted by Crippen LogP contribution is 2.45. The van der Waals surface area contributed by atoms with E-state index in [9.17, 15) is 14.2 Å². The number of hydrogen-bond acceptors (Lipinski definition) is 9. The lowest BCUT2D eigenvalue weighted by molar-refractivity contribution is -0.142. The predicted molar refractivity (Wildman–Crippen MR) is 132 cm³/mol. The molecule has 0 aliphatic carbocycles. The van der Waals surface area contributed by atoms with Crippen LogP contribution in [0.3, 0.4) is 0 Å². The van der Waals surface area contributed by atoms with Crippen molar-refractivity contribution >= 4 is 30.8 Å². The molecule has 0 bridgehead atoms. The van der Waals surface area contributed by atoms with E-state index < -0.39 is 25.3 Å². The van der Waals surface area contributed by atoms with Crippen LogP contribution in [0.4, 0.5) is 5.95 Å². The molecule has 0 saturated heterocycles. The minimum Gasteiger partial charge on any atom is -0.468 e. The number of fused-ring (bicyclic) bond motifs is 1. The van der Waals surface area contributed by atoms with E-state index in [-0.39, 0.29) is 18.1 Å². The molecule has 0 radical (unpaired) electrons. The van der Waals surface area contributed by atoms with Gasteiger partial charge in [-0.1, -0.05) is 42.5 Å². The van der Waals surface area contributed by atoms with E-state index in [1.54, 1.807) is 41.0 Å². The Kier molecular flexibility index (Phi) is 7.49. The van der Waals surface area contributed by atoms with Crippen molar-refractivity contribution in [3.63, 3.8) is 0 Å². The Labute approximate surface area is 206 Å². The number of benzene rings is 2. The van der Waals surface area contributed by atoms with E-state index in [0.29, 0.717) is 23.5 Å². The van der Waals surface area contributed by atoms with Crippen molar-refractivity contribution in [3.8, 4) is 5.75 Å². The Morgan fingerprint density at radius 2 is 1.86 bits per heavy atom. The summed E-state index contributed by atoms with van der Waals surface area (Å²) in [7, 11) is -2.78. The van der Waals surface area contributed by atoms with Gasteiger partial charge in [0.2, 0.25) is 5.95 Å². The minimum atomic E-state index is -4.02. The number of aromatic amines is 1. The number of ether oxygens (including phenoxy) is 1. The van der Waals surface area contributed by atoms with Gasteiger partial charge in [-0.15, -0.1) is 0 Å². The van der Waals surface area contributed by atoms with Crippen molar-refractivity contribution in [1.82, 2.24) is 24.6 Å². The third-order valence-electron chi connectivity index (χ3n) is 5.22. The van der Waals surface area contributed by atoms with E-state index in [2.05, 4.69) is 20.0 Å². The molecule has 4 aromatic rings. The zero-order valence-electron chi connectivity index (χ0n) is 19.6. The molecule has 2 unspecified atom stereocenters. The molecule has 13 heteroatoms. The molecule has 2 heterocycles. The second-order valence-corrected chi connectivity index (χ2v) is 9.51. The summed E-state index contributed by atoms with van der Waals surface area (Å²) >= 11 is 0. The highest BCUT2D eigenvalue weighted by Gasteiger charge is 2.32. The van der Waals surface area contributed by atoms with Crippen molar-refractivity contribution in [3.05, 3.63) is 82.4 Å². The molecule has 0 spiro atoms. The molecule has 0 aliphatic heterocycles. The number of carbonyl (C=O) groups excluding carboxylic acids is 1. The molecule has 2 atom stereocenters. The van der Waals surface area contributed by atoms with Crippen LogP contribution in [0.2, 0.25) is 0 Å². The van der Waals surface area contributed by atoms with Gasteiger partial charge in [0.15, 0.2) is 11.2 Å². The first-order valence-corrected chi connectivity index (χ1v) is 12.4. The van der Waals surface area contributed by atoms with Crippen LogP contribution in [0.5, 0.6) is 5.75 Å². The van der Waals surface area contributed by atoms with Gasteiger partial charge in [0.1, 0.15) is 11.8 Å². The lowest BCUT2D eigenvalue weighted by Gasteiger charge is -2.23. The molecule has 0 amide bonds. The lowest BCUT2D eigenvalue weighted by Crippen LogP contribution is -2.34. The number of imidazole rings is 1. The Hall–Kier alpha value is -3.99. The van der Waals surface area contributed by atoms with Crippen LogP contribution in [-0.2, 0) is 31.8 Å². The Morgan fingerprint density at radius 3 is 2.58 bits per heavy atom. The van der Waals surface area contributed by atoms with Crippen LogP contribution in [0, 0.1) is 0 Å². The van der Waals surface area contributed by atoms with Gasteiger partial charge in [0.05, 0.1) is 26.6 Å². The number of para-hydroxylation sites is 1. The van der Waals surface area contributed by atoms with Crippen LogP contribution in [0.1, 0.15) is 18.1 Å². The molecule has 2 aromatic carbocycles. The van der Waals surface area contributed by atoms with Crippen LogP contribution in [-0.4, -0.2) is 38.6 Å². The van der Waals surface area contributed by atoms with Gasteiger partial charge in [-0.25, -0.2) is 9.55 Å². The van der Waals surface area contributed by atoms with Gasteiger partial charge in [0.25, 0.3) is 5.56 Å². The number of methoxy groups -OCH3 is 1. The van der Waals surface area contributed by atoms with E-state index in [1.807, 2.05) is 18.2 Å². The SMILES string of the molecule is COC(=O)C(C)NP(=O)(OCc1ccccc1Cn1cnc2c(=O)[nH]c(N)nc21)Oc1ccccc1. The molecule has 2 aromatic heterocycles. The Bertz CT molecular complexity index is 1470. The molecule has 0 fully saturated rings. The third kappa shape index (κ3) is 5.80. The second kappa shape index (κ2) is 10.7. The number of nitrogen functional groups attached to an aromatic ring is 1. The number of aromatic nitrogens is 4. The summed E-state index contributed by atoms with van der Waals surface area (Å²) in [6.07, 6.45) is 1.49. The zero-order valence-corrected chi connectivity index (χ0v) is 20.5. The largest absolute Gasteiger partial charge is 0.468 e. The molecule has 0 aliphatic rings. The number of H-pyrrole nitrogens is 1. The molecule has 188 valence electrons. The van der Waals surface area contributed by atoms with E-state index in [1.165, 1.54) is 20.4 Å². The summed E-state index contributed by atoms with van der Waals surface area (Å²) in [6.45, 7) is 1.68. The summed E-state index contributed by atoms with van der Waals surface area (Å²) in [4.78, 5) is 34.8. The second-order valence-electron chi connectivity index (χ2n) is 7.81. The monoisotopic (exact) mass is 512 g/mol. The van der Waals surface area contributed by atoms with Gasteiger partial charge in [-0.2, -0.15) is 10.1 Å². The zero-order chi connectivity index (χ0) is 25.7. The Balaban J connectivity index is 1.58. The molecular weight excluding hydrogens is 487 g/mol. The summed E-state index contributed by atoms with van der Waals surface area (Å²) in [5, 5.41) is 2.62. The van der Waals surface area contributed by atoms with Gasteiger partial charge in [0, 0.05) is 0 Å². The molecular formula is C23H25N6O6P. The van der Waals surface area contributed by atoms with Crippen molar-refractivity contribution in [2.45, 2.75) is 26.1 Å². The third-order valence-corrected chi connectivity index (χ3v) is 6.84. The Morgan fingerprint density at radius 1 is 1.17 bits per heavy atom. The lowest BCUT2D eigenvalue weighted by atomic mass is 10.1. The fraction of sp³-hybridized carbons (Fsp3) is 0.217. The molecule has 36 heavy (non-hydrogen) atoms. The number of anilines is 1. The van der Waals surface area contributed by atoms with Crippen molar-refractivity contribution in [2.24, 2.45) is 0 Å². The maximum atomic E-state index is 13.6. The molecule has 4 N–H and O–H groups in total. The topological polar surface area (TPSA) is 163 Å². The minimum absolute atomic E-state index is 0.0179. The van der Waals surface area contributed by atoms with Crippen LogP contribution in [0.25, 0.3) is 11.2 Å². The maximum Gasteiger partial charge on any atom is 0.459 e. The van der Waals surface area contributed by atoms with Crippen LogP contribution >= 0.6 is 7.75 Å². The average molecular weight is 512 g/mol. The number of hydrogen-bond donors (Lipinski definition) is 3. The normalized spacial score (nSPS) is 13.7. The van der Waals surface area contributed by atoms with E-state index in [4.69, 9.17) is 19.5 Å². The van der Waals surface area contributed by atoms with Crippen molar-refractivity contribution in [2.75, 3.05) is 12.8 Å². The van der Waals surface area contributed by atoms with Gasteiger partial charge < -0.3 is 19.6 Å². The quantitative estimate of drug-likeness (QED) is 0.213. The number of rotatable bonds is 10. The smallest absolute Gasteiger partial charge is 0.459 e. The first-order chi connectivity index (χ1) is 17.3. The first-order valence-electron chi connectivity index (χ1n) is 10.9. The standard InChI is InChI=1S/C23H25N6O6P/c1-15(22(31)33-2)28-36(32,35-18-10-4-3-5-11-18)34-13-17-9-7-6-8-16(17)12-29-14-25-19-20(29)26-23(24)27-21(19)30/h3-11,14-15H,12-13H2,1-2H3,(H,28,32)(H3,24,26,27,30). The average Bonchev–Trinajstić information content (AvgIpc) is 3.26. The fourth-order valence-corrected chi connectivity index (χ4v) is 4.92. The van der Waals surface area contributed by atoms with E-state index >= 15 is 0 Å². The number of carbonyl (C=O) groups is 1. The molecule has 0 saturated carbocycles. The van der Waals surface area contributed by atoms with Crippen LogP contribution < -0.4 is 20.9 Å². The van der Waals surface area contributed by atoms with Gasteiger partial charge in [-0.3, -0.25) is 19.1 Å². The van der Waals surface area contributed by atoms with E-state index in [0.717, 1.165) is 5.56 Å². The number of nitrogens with two attached hydrogens (primary N) is 1. The molecule has 4 rings (SSSR count). The maximum absolute atomic E-state index is 13.6. The van der Waals surface area contributed by atoms with Crippen molar-refractivity contribution < 1.29 is 23.1 Å². The highest BCUT2D eigenvalue weighted by molar-refractivity contribution is 7.52. The highest BCUT2D eigenvalue weighted by atomic mass is 31.2. The number of nitrogens with zero attached hydrogens (tertiary/aromatic N) is 3. The predicted octanol–water partition coefficient (Wildman–Crippen LogP) is 2.60. The fourth-order valence-electron chi connectivity index (χ4n) is 3.45. The summed E-state index contributed by atoms with van der Waals surface area (Å²) in [5.41, 5.74) is 7.25. The van der Waals surface area contributed by atoms with Gasteiger partial charge in [-0.05, 0) is 30.2 Å². The number of nitrogens with one attached hydrogen (secondary N) is 2. The summed E-state index contributed by atoms with van der Waals surface area (Å²) < 4.78 is 31.4. The first kappa shape index (κ1) is 25.1. The van der Waals surface area contributed by atoms with Gasteiger partial charge >= 0.3 is 13.7 Å². The van der Waals surface area contributed by atoms with Crippen LogP contribution in [0.15, 0.2) is 65.7 Å². The summed E-state index contributed by atoms with van der Waals surface area (Å²) in [6, 6.07) is 14.8. The molecule has 12 nitrogen and oxygen atoms in total. The summed E-state index contributed by atoms with van der Waals surface area (Å²) in [5.74, 6) is -0.335.